The molecule has 0 aromatic heterocycles. The number of amides is 4. The Morgan fingerprint density at radius 1 is 1.05 bits per heavy atom. The van der Waals surface area contributed by atoms with E-state index in [1.807, 2.05) is 6.92 Å². The van der Waals surface area contributed by atoms with E-state index in [1.165, 1.54) is 35.6 Å². The predicted octanol–water partition coefficient (Wildman–Crippen LogP) is 2.16. The van der Waals surface area contributed by atoms with Crippen molar-refractivity contribution >= 4 is 39.2 Å². The number of nitro benzene ring substituents is 1. The van der Waals surface area contributed by atoms with Gasteiger partial charge in [0.2, 0.25) is 21.8 Å². The molecule has 12 nitrogen and oxygen atoms in total. The summed E-state index contributed by atoms with van der Waals surface area (Å²) in [6.07, 6.45) is 0.263. The normalized spacial score (nSPS) is 23.7. The van der Waals surface area contributed by atoms with E-state index in [9.17, 15) is 32.9 Å². The van der Waals surface area contributed by atoms with Crippen LogP contribution in [-0.4, -0.2) is 84.6 Å². The fourth-order valence-corrected chi connectivity index (χ4v) is 7.35. The molecule has 3 aliphatic heterocycles. The summed E-state index contributed by atoms with van der Waals surface area (Å²) in [4.78, 5) is 55.9. The molecule has 3 heterocycles. The fraction of sp³-hybridized carbons (Fsp3) is 0.423. The monoisotopic (exact) mass is 555 g/mol. The number of anilines is 1. The number of hydrogen-bond donors (Lipinski definition) is 0. The maximum atomic E-state index is 14.1. The number of benzene rings is 2. The van der Waals surface area contributed by atoms with Crippen molar-refractivity contribution in [1.29, 1.82) is 0 Å². The summed E-state index contributed by atoms with van der Waals surface area (Å²) in [5, 5.41) is 11.5. The van der Waals surface area contributed by atoms with E-state index in [4.69, 9.17) is 0 Å². The number of rotatable bonds is 5. The van der Waals surface area contributed by atoms with E-state index in [-0.39, 0.29) is 43.2 Å². The van der Waals surface area contributed by atoms with E-state index in [1.54, 1.807) is 30.0 Å². The van der Waals surface area contributed by atoms with Gasteiger partial charge in [-0.25, -0.2) is 13.2 Å². The molecule has 0 unspecified atom stereocenters. The van der Waals surface area contributed by atoms with Crippen LogP contribution in [0.3, 0.4) is 0 Å². The smallest absolute Gasteiger partial charge is 0.333 e. The van der Waals surface area contributed by atoms with Gasteiger partial charge in [0.15, 0.2) is 5.41 Å². The minimum absolute atomic E-state index is 0.0784. The minimum Gasteiger partial charge on any atom is -0.364 e. The van der Waals surface area contributed by atoms with Crippen molar-refractivity contribution < 1.29 is 27.7 Å². The van der Waals surface area contributed by atoms with E-state index >= 15 is 0 Å². The Morgan fingerprint density at radius 3 is 2.38 bits per heavy atom. The first-order valence-electron chi connectivity index (χ1n) is 12.7. The average Bonchev–Trinajstić information content (AvgIpc) is 2.92. The lowest BCUT2D eigenvalue weighted by Crippen LogP contribution is -2.75. The molecule has 0 saturated carbocycles. The molecule has 13 heteroatoms. The van der Waals surface area contributed by atoms with Crippen molar-refractivity contribution in [3.05, 3.63) is 63.7 Å². The first-order chi connectivity index (χ1) is 18.4. The van der Waals surface area contributed by atoms with Crippen LogP contribution in [0.15, 0.2) is 47.4 Å². The van der Waals surface area contributed by atoms with E-state index in [0.717, 1.165) is 15.4 Å². The Hall–Kier alpha value is -3.84. The van der Waals surface area contributed by atoms with Gasteiger partial charge in [-0.15, -0.1) is 0 Å². The Kier molecular flexibility index (Phi) is 6.46. The molecule has 0 aliphatic carbocycles. The van der Waals surface area contributed by atoms with Crippen LogP contribution in [0.5, 0.6) is 0 Å². The molecule has 4 amide bonds. The third-order valence-corrected chi connectivity index (χ3v) is 9.78. The van der Waals surface area contributed by atoms with E-state index < -0.39 is 44.2 Å². The number of urea groups is 1. The number of nitrogens with zero attached hydrogens (tertiary/aromatic N) is 5. The molecule has 0 bridgehead atoms. The maximum absolute atomic E-state index is 14.1. The Balaban J connectivity index is 1.66. The van der Waals surface area contributed by atoms with E-state index in [0.29, 0.717) is 17.7 Å². The highest BCUT2D eigenvalue weighted by atomic mass is 32.2. The third-order valence-electron chi connectivity index (χ3n) is 7.90. The molecule has 2 aromatic carbocycles. The van der Waals surface area contributed by atoms with Gasteiger partial charge in [0.25, 0.3) is 5.69 Å². The van der Waals surface area contributed by atoms with Crippen molar-refractivity contribution in [2.75, 3.05) is 38.1 Å². The highest BCUT2D eigenvalue weighted by Crippen LogP contribution is 2.48. The number of nitro groups is 1. The quantitative estimate of drug-likeness (QED) is 0.310. The molecule has 2 aromatic rings. The largest absolute Gasteiger partial charge is 0.364 e. The van der Waals surface area contributed by atoms with Gasteiger partial charge in [-0.1, -0.05) is 24.6 Å². The van der Waals surface area contributed by atoms with Gasteiger partial charge in [-0.2, -0.15) is 4.31 Å². The summed E-state index contributed by atoms with van der Waals surface area (Å²) < 4.78 is 28.6. The Labute approximate surface area is 226 Å². The number of hydrogen-bond acceptors (Lipinski definition) is 8. The standard InChI is InChI=1S/C26H29N5O7S/c1-4-11-30-24(33)26(23(32)27(3)25(30)34)15-18-14-19(31(35)36)7-10-21(18)29-13-12-28(16-22(26)29)39(37,38)20-8-5-17(2)6-9-20/h5-10,14,22H,4,11-13,15-16H2,1-3H3/t22-,26-/m0/s1. The summed E-state index contributed by atoms with van der Waals surface area (Å²) >= 11 is 0. The molecule has 206 valence electrons. The van der Waals surface area contributed by atoms with Crippen molar-refractivity contribution in [3.8, 4) is 0 Å². The third kappa shape index (κ3) is 3.98. The number of carbonyl (C=O) groups is 3. The van der Waals surface area contributed by atoms with Crippen molar-refractivity contribution in [2.24, 2.45) is 5.41 Å². The SMILES string of the molecule is CCCN1C(=O)N(C)C(=O)[C@@]2(Cc3cc([N+](=O)[O-])ccc3N3CCN(S(=O)(=O)c4ccc(C)cc4)C[C@H]32)C1=O. The van der Waals surface area contributed by atoms with Crippen LogP contribution < -0.4 is 4.90 Å². The molecular weight excluding hydrogens is 526 g/mol. The first kappa shape index (κ1) is 26.8. The Bertz CT molecular complexity index is 1490. The lowest BCUT2D eigenvalue weighted by atomic mass is 9.67. The highest BCUT2D eigenvalue weighted by Gasteiger charge is 2.64. The van der Waals surface area contributed by atoms with Gasteiger partial charge < -0.3 is 4.90 Å². The zero-order valence-corrected chi connectivity index (χ0v) is 22.7. The summed E-state index contributed by atoms with van der Waals surface area (Å²) in [5.41, 5.74) is -0.102. The molecule has 2 atom stereocenters. The van der Waals surface area contributed by atoms with Crippen molar-refractivity contribution in [2.45, 2.75) is 37.6 Å². The van der Waals surface area contributed by atoms with Gasteiger partial charge in [0.1, 0.15) is 0 Å². The number of barbiturate groups is 1. The van der Waals surface area contributed by atoms with Gasteiger partial charge in [0, 0.05) is 57.5 Å². The molecule has 0 N–H and O–H groups in total. The molecule has 3 aliphatic rings. The number of carbonyl (C=O) groups excluding carboxylic acids is 3. The van der Waals surface area contributed by atoms with Gasteiger partial charge in [0.05, 0.1) is 15.9 Å². The lowest BCUT2D eigenvalue weighted by Gasteiger charge is -2.56. The molecule has 5 rings (SSSR count). The van der Waals surface area contributed by atoms with Crippen molar-refractivity contribution in [3.63, 3.8) is 0 Å². The van der Waals surface area contributed by atoms with Gasteiger partial charge in [-0.05, 0) is 37.1 Å². The molecular formula is C26H29N5O7S. The number of fused-ring (bicyclic) bond motifs is 4. The first-order valence-corrected chi connectivity index (χ1v) is 14.1. The molecule has 1 spiro atoms. The second-order valence-corrected chi connectivity index (χ2v) is 12.1. The second-order valence-electron chi connectivity index (χ2n) is 10.2. The van der Waals surface area contributed by atoms with Crippen LogP contribution >= 0.6 is 0 Å². The number of imide groups is 2. The molecule has 2 fully saturated rings. The van der Waals surface area contributed by atoms with Crippen LogP contribution in [0, 0.1) is 22.5 Å². The zero-order valence-electron chi connectivity index (χ0n) is 21.9. The Morgan fingerprint density at radius 2 is 1.74 bits per heavy atom. The van der Waals surface area contributed by atoms with E-state index in [2.05, 4.69) is 0 Å². The van der Waals surface area contributed by atoms with Crippen LogP contribution in [0.1, 0.15) is 24.5 Å². The molecule has 39 heavy (non-hydrogen) atoms. The fourth-order valence-electron chi connectivity index (χ4n) is 5.91. The summed E-state index contributed by atoms with van der Waals surface area (Å²) in [6.45, 7) is 3.78. The zero-order chi connectivity index (χ0) is 28.3. The number of aryl methyl sites for hydroxylation is 1. The number of non-ortho nitro benzene ring substituents is 1. The van der Waals surface area contributed by atoms with Gasteiger partial charge >= 0.3 is 6.03 Å². The van der Waals surface area contributed by atoms with Gasteiger partial charge in [-0.3, -0.25) is 29.5 Å². The maximum Gasteiger partial charge on any atom is 0.333 e. The van der Waals surface area contributed by atoms with Crippen molar-refractivity contribution in [1.82, 2.24) is 14.1 Å². The molecule has 2 saturated heterocycles. The topological polar surface area (TPSA) is 141 Å². The molecule has 0 radical (unpaired) electrons. The van der Waals surface area contributed by atoms with Crippen LogP contribution in [0.4, 0.5) is 16.2 Å². The average molecular weight is 556 g/mol. The number of piperazine rings is 1. The second kappa shape index (κ2) is 9.42. The van der Waals surface area contributed by atoms with Crippen LogP contribution in [-0.2, 0) is 26.0 Å². The predicted molar refractivity (Wildman–Crippen MR) is 140 cm³/mol. The summed E-state index contributed by atoms with van der Waals surface area (Å²) in [5.74, 6) is -1.45. The van der Waals surface area contributed by atoms with Crippen LogP contribution in [0.25, 0.3) is 0 Å². The van der Waals surface area contributed by atoms with Crippen LogP contribution in [0.2, 0.25) is 0 Å². The lowest BCUT2D eigenvalue weighted by molar-refractivity contribution is -0.384. The summed E-state index contributed by atoms with van der Waals surface area (Å²) in [6, 6.07) is 9.05. The highest BCUT2D eigenvalue weighted by molar-refractivity contribution is 7.89. The summed E-state index contributed by atoms with van der Waals surface area (Å²) in [7, 11) is -2.66. The number of sulfonamides is 1. The minimum atomic E-state index is -3.96.